The van der Waals surface area contributed by atoms with Gasteiger partial charge in [-0.25, -0.2) is 4.79 Å². The monoisotopic (exact) mass is 293 g/mol. The second-order valence-electron chi connectivity index (χ2n) is 5.61. The van der Waals surface area contributed by atoms with Crippen molar-refractivity contribution in [2.75, 3.05) is 6.61 Å². The second-order valence-corrected chi connectivity index (χ2v) is 5.61. The van der Waals surface area contributed by atoms with Crippen molar-refractivity contribution in [2.45, 2.75) is 45.6 Å². The Hall–Kier alpha value is -2.04. The van der Waals surface area contributed by atoms with E-state index < -0.39 is 17.4 Å². The lowest BCUT2D eigenvalue weighted by atomic mass is 9.98. The average molecular weight is 293 g/mol. The number of benzene rings is 1. The molecule has 5 heteroatoms. The summed E-state index contributed by atoms with van der Waals surface area (Å²) in [5.74, 6) is -0.549. The van der Waals surface area contributed by atoms with Gasteiger partial charge in [0.2, 0.25) is 0 Å². The van der Waals surface area contributed by atoms with E-state index in [1.807, 2.05) is 24.3 Å². The molecular formula is C16H23NO4. The number of rotatable bonds is 7. The lowest BCUT2D eigenvalue weighted by Crippen LogP contribution is -2.51. The van der Waals surface area contributed by atoms with Crippen molar-refractivity contribution in [3.63, 3.8) is 0 Å². The van der Waals surface area contributed by atoms with Gasteiger partial charge in [-0.3, -0.25) is 4.79 Å². The molecule has 0 bridgehead atoms. The van der Waals surface area contributed by atoms with Crippen molar-refractivity contribution in [1.29, 1.82) is 0 Å². The van der Waals surface area contributed by atoms with Crippen LogP contribution in [0.1, 0.15) is 45.6 Å². The smallest absolute Gasteiger partial charge is 0.328 e. The molecule has 0 aliphatic heterocycles. The number of para-hydroxylation sites is 1. The third-order valence-corrected chi connectivity index (χ3v) is 3.41. The zero-order chi connectivity index (χ0) is 16.0. The van der Waals surface area contributed by atoms with E-state index in [0.717, 1.165) is 12.0 Å². The molecule has 0 heterocycles. The molecule has 0 radical (unpaired) electrons. The Labute approximate surface area is 125 Å². The van der Waals surface area contributed by atoms with Gasteiger partial charge in [0.15, 0.2) is 6.61 Å². The Balaban J connectivity index is 2.68. The maximum atomic E-state index is 11.8. The molecule has 0 spiro atoms. The van der Waals surface area contributed by atoms with Gasteiger partial charge in [0.25, 0.3) is 5.91 Å². The molecule has 1 unspecified atom stereocenters. The van der Waals surface area contributed by atoms with E-state index in [2.05, 4.69) is 19.2 Å². The number of aliphatic carboxylic acids is 1. The first-order valence-electron chi connectivity index (χ1n) is 7.04. The number of hydrogen-bond donors (Lipinski definition) is 2. The van der Waals surface area contributed by atoms with Crippen molar-refractivity contribution in [3.8, 4) is 5.75 Å². The Morgan fingerprint density at radius 1 is 1.33 bits per heavy atom. The zero-order valence-corrected chi connectivity index (χ0v) is 13.0. The van der Waals surface area contributed by atoms with Gasteiger partial charge in [0.05, 0.1) is 0 Å². The quantitative estimate of drug-likeness (QED) is 0.810. The molecule has 1 rings (SSSR count). The lowest BCUT2D eigenvalue weighted by molar-refractivity contribution is -0.146. The van der Waals surface area contributed by atoms with E-state index in [0.29, 0.717) is 11.7 Å². The second kappa shape index (κ2) is 7.11. The number of carbonyl (C=O) groups excluding carboxylic acids is 1. The average Bonchev–Trinajstić information content (AvgIpc) is 2.44. The summed E-state index contributed by atoms with van der Waals surface area (Å²) in [6.07, 6.45) is 0.971. The Morgan fingerprint density at radius 3 is 2.52 bits per heavy atom. The van der Waals surface area contributed by atoms with E-state index in [1.165, 1.54) is 13.8 Å². The van der Waals surface area contributed by atoms with Crippen LogP contribution in [-0.4, -0.2) is 29.1 Å². The summed E-state index contributed by atoms with van der Waals surface area (Å²) < 4.78 is 5.54. The van der Waals surface area contributed by atoms with E-state index in [1.54, 1.807) is 0 Å². The number of ether oxygens (including phenoxy) is 1. The summed E-state index contributed by atoms with van der Waals surface area (Å²) in [6, 6.07) is 7.57. The maximum absolute atomic E-state index is 11.8. The fourth-order valence-corrected chi connectivity index (χ4v) is 1.82. The Bertz CT molecular complexity index is 511. The predicted molar refractivity (Wildman–Crippen MR) is 80.5 cm³/mol. The number of amides is 1. The molecule has 1 amide bonds. The number of carboxylic acid groups (broad SMARTS) is 1. The van der Waals surface area contributed by atoms with E-state index >= 15 is 0 Å². The van der Waals surface area contributed by atoms with Gasteiger partial charge in [0, 0.05) is 0 Å². The van der Waals surface area contributed by atoms with Crippen molar-refractivity contribution in [3.05, 3.63) is 29.8 Å². The number of carboxylic acids is 1. The number of carbonyl (C=O) groups is 2. The van der Waals surface area contributed by atoms with Crippen LogP contribution in [0.4, 0.5) is 0 Å². The number of nitrogens with one attached hydrogen (secondary N) is 1. The van der Waals surface area contributed by atoms with Crippen LogP contribution in [0.3, 0.4) is 0 Å². The van der Waals surface area contributed by atoms with Crippen LogP contribution in [0.2, 0.25) is 0 Å². The summed E-state index contributed by atoms with van der Waals surface area (Å²) in [5, 5.41) is 11.4. The van der Waals surface area contributed by atoms with Gasteiger partial charge >= 0.3 is 5.97 Å². The molecule has 116 valence electrons. The minimum atomic E-state index is -1.31. The summed E-state index contributed by atoms with van der Waals surface area (Å²) in [7, 11) is 0. The summed E-state index contributed by atoms with van der Waals surface area (Å²) >= 11 is 0. The Kier molecular flexibility index (Phi) is 5.76. The molecule has 0 saturated heterocycles. The first-order chi connectivity index (χ1) is 9.77. The lowest BCUT2D eigenvalue weighted by Gasteiger charge is -2.21. The molecule has 0 aliphatic rings. The van der Waals surface area contributed by atoms with Crippen LogP contribution in [0, 0.1) is 0 Å². The third-order valence-electron chi connectivity index (χ3n) is 3.41. The van der Waals surface area contributed by atoms with Gasteiger partial charge in [-0.15, -0.1) is 0 Å². The van der Waals surface area contributed by atoms with Crippen molar-refractivity contribution in [1.82, 2.24) is 5.32 Å². The molecule has 0 aromatic heterocycles. The third kappa shape index (κ3) is 4.77. The van der Waals surface area contributed by atoms with Crippen LogP contribution in [0.25, 0.3) is 0 Å². The molecular weight excluding hydrogens is 270 g/mol. The molecule has 1 aromatic carbocycles. The highest BCUT2D eigenvalue weighted by Crippen LogP contribution is 2.28. The van der Waals surface area contributed by atoms with Gasteiger partial charge in [-0.2, -0.15) is 0 Å². The molecule has 21 heavy (non-hydrogen) atoms. The van der Waals surface area contributed by atoms with Gasteiger partial charge in [-0.1, -0.05) is 32.0 Å². The predicted octanol–water partition coefficient (Wildman–Crippen LogP) is 2.56. The van der Waals surface area contributed by atoms with Gasteiger partial charge in [0.1, 0.15) is 11.3 Å². The summed E-state index contributed by atoms with van der Waals surface area (Å²) in [6.45, 7) is 6.84. The highest BCUT2D eigenvalue weighted by molar-refractivity contribution is 5.86. The van der Waals surface area contributed by atoms with Crippen molar-refractivity contribution >= 4 is 11.9 Å². The van der Waals surface area contributed by atoms with E-state index in [4.69, 9.17) is 9.84 Å². The van der Waals surface area contributed by atoms with Crippen LogP contribution in [-0.2, 0) is 9.59 Å². The fraction of sp³-hybridized carbons (Fsp3) is 0.500. The topological polar surface area (TPSA) is 75.6 Å². The molecule has 5 nitrogen and oxygen atoms in total. The van der Waals surface area contributed by atoms with Gasteiger partial charge < -0.3 is 15.2 Å². The van der Waals surface area contributed by atoms with Crippen molar-refractivity contribution < 1.29 is 19.4 Å². The van der Waals surface area contributed by atoms with E-state index in [9.17, 15) is 9.59 Å². The van der Waals surface area contributed by atoms with E-state index in [-0.39, 0.29) is 6.61 Å². The first kappa shape index (κ1) is 17.0. The molecule has 2 N–H and O–H groups in total. The summed E-state index contributed by atoms with van der Waals surface area (Å²) in [5.41, 5.74) is -0.262. The zero-order valence-electron chi connectivity index (χ0n) is 13.0. The van der Waals surface area contributed by atoms with Crippen molar-refractivity contribution in [2.24, 2.45) is 0 Å². The molecule has 1 aromatic rings. The van der Waals surface area contributed by atoms with Crippen LogP contribution in [0.15, 0.2) is 24.3 Å². The normalized spacial score (nSPS) is 12.6. The molecule has 0 aliphatic carbocycles. The number of hydrogen-bond acceptors (Lipinski definition) is 3. The molecule has 0 saturated carbocycles. The Morgan fingerprint density at radius 2 is 1.95 bits per heavy atom. The standard InChI is InChI=1S/C16H23NO4/c1-5-11(2)12-8-6-7-9-13(12)21-10-14(18)17-16(3,4)15(19)20/h6-9,11H,5,10H2,1-4H3,(H,17,18)(H,19,20). The molecule has 0 fully saturated rings. The minimum absolute atomic E-state index is 0.204. The van der Waals surface area contributed by atoms with Crippen LogP contribution < -0.4 is 10.1 Å². The largest absolute Gasteiger partial charge is 0.483 e. The summed E-state index contributed by atoms with van der Waals surface area (Å²) in [4.78, 5) is 22.7. The van der Waals surface area contributed by atoms with Crippen LogP contribution >= 0.6 is 0 Å². The van der Waals surface area contributed by atoms with Crippen LogP contribution in [0.5, 0.6) is 5.75 Å². The highest BCUT2D eigenvalue weighted by atomic mass is 16.5. The minimum Gasteiger partial charge on any atom is -0.483 e. The van der Waals surface area contributed by atoms with Gasteiger partial charge in [-0.05, 0) is 37.8 Å². The highest BCUT2D eigenvalue weighted by Gasteiger charge is 2.29. The first-order valence-corrected chi connectivity index (χ1v) is 7.04. The maximum Gasteiger partial charge on any atom is 0.328 e. The molecule has 1 atom stereocenters. The SMILES string of the molecule is CCC(C)c1ccccc1OCC(=O)NC(C)(C)C(=O)O. The fourth-order valence-electron chi connectivity index (χ4n) is 1.82.